The first-order valence-electron chi connectivity index (χ1n) is 9.29. The van der Waals surface area contributed by atoms with Gasteiger partial charge in [-0.25, -0.2) is 9.18 Å². The van der Waals surface area contributed by atoms with Gasteiger partial charge in [0.2, 0.25) is 0 Å². The molecule has 148 valence electrons. The van der Waals surface area contributed by atoms with Gasteiger partial charge in [-0.2, -0.15) is 0 Å². The first-order valence-corrected chi connectivity index (χ1v) is 9.29. The zero-order valence-corrected chi connectivity index (χ0v) is 15.8. The number of ether oxygens (including phenoxy) is 1. The number of benzene rings is 2. The highest BCUT2D eigenvalue weighted by atomic mass is 19.1. The molecular formula is C21H24FN3O3. The van der Waals surface area contributed by atoms with Crippen LogP contribution in [0, 0.1) is 11.7 Å². The van der Waals surface area contributed by atoms with Crippen LogP contribution in [0.2, 0.25) is 0 Å². The van der Waals surface area contributed by atoms with E-state index >= 15 is 0 Å². The maximum Gasteiger partial charge on any atom is 0.319 e. The second-order valence-electron chi connectivity index (χ2n) is 6.81. The second-order valence-corrected chi connectivity index (χ2v) is 6.81. The first-order chi connectivity index (χ1) is 13.6. The zero-order chi connectivity index (χ0) is 19.9. The molecule has 1 unspecified atom stereocenters. The number of hydrogen-bond donors (Lipinski definition) is 2. The van der Waals surface area contributed by atoms with Gasteiger partial charge in [0.05, 0.1) is 12.7 Å². The van der Waals surface area contributed by atoms with Gasteiger partial charge in [-0.15, -0.1) is 0 Å². The van der Waals surface area contributed by atoms with Crippen LogP contribution in [0.1, 0.15) is 23.2 Å². The molecule has 1 heterocycles. The van der Waals surface area contributed by atoms with E-state index in [4.69, 9.17) is 4.74 Å². The Bertz CT molecular complexity index is 843. The van der Waals surface area contributed by atoms with Crippen molar-refractivity contribution in [2.24, 2.45) is 5.92 Å². The molecule has 0 radical (unpaired) electrons. The number of hydrogen-bond acceptors (Lipinski definition) is 3. The van der Waals surface area contributed by atoms with Crippen LogP contribution in [0.15, 0.2) is 48.5 Å². The van der Waals surface area contributed by atoms with E-state index in [9.17, 15) is 14.0 Å². The minimum absolute atomic E-state index is 0.0636. The van der Waals surface area contributed by atoms with Crippen molar-refractivity contribution < 1.29 is 18.7 Å². The standard InChI is InChI=1S/C21H24FN3O3/c1-28-19-10-3-2-9-18(19)20(26)25-11-5-6-15(14-25)13-23-21(27)24-17-8-4-7-16(22)12-17/h2-4,7-10,12,15H,5-6,11,13-14H2,1H3,(H2,23,24,27). The monoisotopic (exact) mass is 385 g/mol. The van der Waals surface area contributed by atoms with Crippen molar-refractivity contribution in [2.75, 3.05) is 32.1 Å². The van der Waals surface area contributed by atoms with Crippen molar-refractivity contribution in [3.05, 3.63) is 59.9 Å². The summed E-state index contributed by atoms with van der Waals surface area (Å²) in [7, 11) is 1.55. The predicted molar refractivity (Wildman–Crippen MR) is 105 cm³/mol. The summed E-state index contributed by atoms with van der Waals surface area (Å²) in [5.41, 5.74) is 0.941. The minimum Gasteiger partial charge on any atom is -0.496 e. The van der Waals surface area contributed by atoms with E-state index in [0.717, 1.165) is 12.8 Å². The Morgan fingerprint density at radius 3 is 2.82 bits per heavy atom. The van der Waals surface area contributed by atoms with Crippen molar-refractivity contribution in [2.45, 2.75) is 12.8 Å². The Kier molecular flexibility index (Phi) is 6.47. The fraction of sp³-hybridized carbons (Fsp3) is 0.333. The number of piperidine rings is 1. The van der Waals surface area contributed by atoms with Crippen LogP contribution in [0.5, 0.6) is 5.75 Å². The number of nitrogens with one attached hydrogen (secondary N) is 2. The lowest BCUT2D eigenvalue weighted by molar-refractivity contribution is 0.0672. The van der Waals surface area contributed by atoms with E-state index in [-0.39, 0.29) is 11.8 Å². The van der Waals surface area contributed by atoms with E-state index in [1.54, 1.807) is 30.2 Å². The summed E-state index contributed by atoms with van der Waals surface area (Å²) in [4.78, 5) is 26.7. The van der Waals surface area contributed by atoms with E-state index in [1.165, 1.54) is 18.2 Å². The summed E-state index contributed by atoms with van der Waals surface area (Å²) < 4.78 is 18.5. The van der Waals surface area contributed by atoms with Gasteiger partial charge in [0.1, 0.15) is 11.6 Å². The molecular weight excluding hydrogens is 361 g/mol. The highest BCUT2D eigenvalue weighted by Gasteiger charge is 2.26. The van der Waals surface area contributed by atoms with E-state index in [2.05, 4.69) is 10.6 Å². The van der Waals surface area contributed by atoms with Crippen molar-refractivity contribution >= 4 is 17.6 Å². The molecule has 2 aromatic rings. The molecule has 0 saturated carbocycles. The third kappa shape index (κ3) is 5.00. The van der Waals surface area contributed by atoms with Gasteiger partial charge in [-0.3, -0.25) is 4.79 Å². The molecule has 0 spiro atoms. The van der Waals surface area contributed by atoms with Crippen LogP contribution in [0.4, 0.5) is 14.9 Å². The Balaban J connectivity index is 1.53. The maximum atomic E-state index is 13.2. The SMILES string of the molecule is COc1ccccc1C(=O)N1CCCC(CNC(=O)Nc2cccc(F)c2)C1. The number of anilines is 1. The van der Waals surface area contributed by atoms with Crippen LogP contribution in [0.25, 0.3) is 0 Å². The summed E-state index contributed by atoms with van der Waals surface area (Å²) in [6.07, 6.45) is 1.80. The molecule has 7 heteroatoms. The summed E-state index contributed by atoms with van der Waals surface area (Å²) >= 11 is 0. The van der Waals surface area contributed by atoms with Gasteiger partial charge >= 0.3 is 6.03 Å². The lowest BCUT2D eigenvalue weighted by Crippen LogP contribution is -2.44. The quantitative estimate of drug-likeness (QED) is 0.828. The first kappa shape index (κ1) is 19.7. The molecule has 0 aromatic heterocycles. The number of halogens is 1. The molecule has 2 aromatic carbocycles. The summed E-state index contributed by atoms with van der Waals surface area (Å²) in [5.74, 6) is 0.245. The third-order valence-corrected chi connectivity index (χ3v) is 4.78. The normalized spacial score (nSPS) is 16.4. The number of methoxy groups -OCH3 is 1. The number of likely N-dealkylation sites (tertiary alicyclic amines) is 1. The van der Waals surface area contributed by atoms with Gasteiger partial charge < -0.3 is 20.3 Å². The van der Waals surface area contributed by atoms with Crippen LogP contribution >= 0.6 is 0 Å². The average Bonchev–Trinajstić information content (AvgIpc) is 2.72. The molecule has 1 aliphatic heterocycles. The van der Waals surface area contributed by atoms with Crippen LogP contribution < -0.4 is 15.4 Å². The van der Waals surface area contributed by atoms with Gasteiger partial charge in [-0.05, 0) is 49.1 Å². The lowest BCUT2D eigenvalue weighted by atomic mass is 9.97. The van der Waals surface area contributed by atoms with Crippen molar-refractivity contribution in [1.82, 2.24) is 10.2 Å². The molecule has 3 rings (SSSR count). The van der Waals surface area contributed by atoms with E-state index in [1.807, 2.05) is 12.1 Å². The lowest BCUT2D eigenvalue weighted by Gasteiger charge is -2.33. The molecule has 1 fully saturated rings. The number of amides is 3. The zero-order valence-electron chi connectivity index (χ0n) is 15.8. The summed E-state index contributed by atoms with van der Waals surface area (Å²) in [5, 5.41) is 5.42. The predicted octanol–water partition coefficient (Wildman–Crippen LogP) is 3.51. The fourth-order valence-electron chi connectivity index (χ4n) is 3.39. The van der Waals surface area contributed by atoms with Crippen molar-refractivity contribution in [3.63, 3.8) is 0 Å². The largest absolute Gasteiger partial charge is 0.496 e. The highest BCUT2D eigenvalue weighted by molar-refractivity contribution is 5.97. The van der Waals surface area contributed by atoms with Crippen molar-refractivity contribution in [3.8, 4) is 5.75 Å². The second kappa shape index (κ2) is 9.21. The molecule has 6 nitrogen and oxygen atoms in total. The van der Waals surface area contributed by atoms with Crippen molar-refractivity contribution in [1.29, 1.82) is 0 Å². The molecule has 1 saturated heterocycles. The number of rotatable bonds is 5. The Morgan fingerprint density at radius 1 is 1.21 bits per heavy atom. The molecule has 1 atom stereocenters. The Labute approximate surface area is 163 Å². The Hall–Kier alpha value is -3.09. The maximum absolute atomic E-state index is 13.2. The number of urea groups is 1. The van der Waals surface area contributed by atoms with Gasteiger partial charge in [0.15, 0.2) is 0 Å². The van der Waals surface area contributed by atoms with E-state index in [0.29, 0.717) is 36.6 Å². The smallest absolute Gasteiger partial charge is 0.319 e. The number of nitrogens with zero attached hydrogens (tertiary/aromatic N) is 1. The highest BCUT2D eigenvalue weighted by Crippen LogP contribution is 2.23. The summed E-state index contributed by atoms with van der Waals surface area (Å²) in [6, 6.07) is 12.5. The topological polar surface area (TPSA) is 70.7 Å². The van der Waals surface area contributed by atoms with Gasteiger partial charge in [0.25, 0.3) is 5.91 Å². The molecule has 0 bridgehead atoms. The molecule has 28 heavy (non-hydrogen) atoms. The molecule has 1 aliphatic rings. The van der Waals surface area contributed by atoms with Gasteiger partial charge in [-0.1, -0.05) is 18.2 Å². The average molecular weight is 385 g/mol. The minimum atomic E-state index is -0.407. The molecule has 3 amide bonds. The summed E-state index contributed by atoms with van der Waals surface area (Å²) in [6.45, 7) is 1.69. The van der Waals surface area contributed by atoms with Crippen LogP contribution in [-0.2, 0) is 0 Å². The van der Waals surface area contributed by atoms with Crippen LogP contribution in [0.3, 0.4) is 0 Å². The van der Waals surface area contributed by atoms with E-state index < -0.39 is 11.8 Å². The fourth-order valence-corrected chi connectivity index (χ4v) is 3.39. The molecule has 2 N–H and O–H groups in total. The third-order valence-electron chi connectivity index (χ3n) is 4.78. The van der Waals surface area contributed by atoms with Crippen LogP contribution in [-0.4, -0.2) is 43.6 Å². The Morgan fingerprint density at radius 2 is 2.04 bits per heavy atom. The number of carbonyl (C=O) groups is 2. The molecule has 0 aliphatic carbocycles. The number of carbonyl (C=O) groups excluding carboxylic acids is 2. The van der Waals surface area contributed by atoms with Gasteiger partial charge in [0, 0.05) is 25.3 Å². The number of para-hydroxylation sites is 1.